The number of aromatic nitrogens is 2. The SMILES string of the molecule is CNCc1ccc(N(C)CC2CCN(C)CC2)nn1. The molecule has 1 aromatic rings. The number of anilines is 1. The smallest absolute Gasteiger partial charge is 0.150 e. The van der Waals surface area contributed by atoms with E-state index < -0.39 is 0 Å². The van der Waals surface area contributed by atoms with Crippen LogP contribution >= 0.6 is 0 Å². The van der Waals surface area contributed by atoms with Crippen LogP contribution in [0.4, 0.5) is 5.82 Å². The molecule has 106 valence electrons. The van der Waals surface area contributed by atoms with Crippen LogP contribution in [0.15, 0.2) is 12.1 Å². The van der Waals surface area contributed by atoms with E-state index in [1.807, 2.05) is 13.1 Å². The normalized spacial score (nSPS) is 17.6. The zero-order valence-corrected chi connectivity index (χ0v) is 12.3. The number of hydrogen-bond acceptors (Lipinski definition) is 5. The van der Waals surface area contributed by atoms with Gasteiger partial charge >= 0.3 is 0 Å². The molecule has 1 saturated heterocycles. The van der Waals surface area contributed by atoms with Crippen LogP contribution in [0.2, 0.25) is 0 Å². The fourth-order valence-corrected chi connectivity index (χ4v) is 2.56. The van der Waals surface area contributed by atoms with Gasteiger partial charge in [0.05, 0.1) is 5.69 Å². The lowest BCUT2D eigenvalue weighted by molar-refractivity contribution is 0.222. The maximum absolute atomic E-state index is 4.30. The third-order valence-corrected chi connectivity index (χ3v) is 3.82. The lowest BCUT2D eigenvalue weighted by Gasteiger charge is -2.31. The summed E-state index contributed by atoms with van der Waals surface area (Å²) in [6.07, 6.45) is 2.57. The summed E-state index contributed by atoms with van der Waals surface area (Å²) < 4.78 is 0. The van der Waals surface area contributed by atoms with E-state index in [1.165, 1.54) is 25.9 Å². The Morgan fingerprint density at radius 3 is 2.63 bits per heavy atom. The van der Waals surface area contributed by atoms with Crippen LogP contribution in [0, 0.1) is 5.92 Å². The summed E-state index contributed by atoms with van der Waals surface area (Å²) in [5.74, 6) is 1.75. The molecule has 1 aliphatic heterocycles. The summed E-state index contributed by atoms with van der Waals surface area (Å²) in [5.41, 5.74) is 0.985. The molecule has 2 rings (SSSR count). The van der Waals surface area contributed by atoms with E-state index in [9.17, 15) is 0 Å². The van der Waals surface area contributed by atoms with Gasteiger partial charge in [0, 0.05) is 20.1 Å². The van der Waals surface area contributed by atoms with E-state index in [2.05, 4.69) is 45.5 Å². The number of likely N-dealkylation sites (tertiary alicyclic amines) is 1. The Kier molecular flexibility index (Phi) is 5.10. The van der Waals surface area contributed by atoms with Gasteiger partial charge < -0.3 is 15.1 Å². The van der Waals surface area contributed by atoms with Crippen molar-refractivity contribution in [3.63, 3.8) is 0 Å². The maximum Gasteiger partial charge on any atom is 0.150 e. The van der Waals surface area contributed by atoms with Crippen LogP contribution in [0.5, 0.6) is 0 Å². The highest BCUT2D eigenvalue weighted by Gasteiger charge is 2.18. The molecule has 0 unspecified atom stereocenters. The first-order valence-corrected chi connectivity index (χ1v) is 7.06. The Morgan fingerprint density at radius 1 is 1.32 bits per heavy atom. The van der Waals surface area contributed by atoms with Crippen molar-refractivity contribution >= 4 is 5.82 Å². The van der Waals surface area contributed by atoms with E-state index in [0.29, 0.717) is 0 Å². The summed E-state index contributed by atoms with van der Waals surface area (Å²) in [6, 6.07) is 4.11. The lowest BCUT2D eigenvalue weighted by Crippen LogP contribution is -2.36. The Bertz CT molecular complexity index is 370. The molecule has 0 radical (unpaired) electrons. The minimum atomic E-state index is 0.770. The number of nitrogens with zero attached hydrogens (tertiary/aromatic N) is 4. The first kappa shape index (κ1) is 14.2. The summed E-state index contributed by atoms with van der Waals surface area (Å²) in [4.78, 5) is 4.63. The highest BCUT2D eigenvalue weighted by atomic mass is 15.2. The highest BCUT2D eigenvalue weighted by molar-refractivity contribution is 5.36. The second-order valence-corrected chi connectivity index (χ2v) is 5.54. The van der Waals surface area contributed by atoms with Crippen LogP contribution in [-0.4, -0.2) is 55.9 Å². The second-order valence-electron chi connectivity index (χ2n) is 5.54. The van der Waals surface area contributed by atoms with E-state index in [4.69, 9.17) is 0 Å². The first-order chi connectivity index (χ1) is 9.19. The third kappa shape index (κ3) is 4.14. The molecule has 5 heteroatoms. The molecule has 0 atom stereocenters. The van der Waals surface area contributed by atoms with Crippen LogP contribution in [0.25, 0.3) is 0 Å². The van der Waals surface area contributed by atoms with Crippen LogP contribution in [-0.2, 0) is 6.54 Å². The predicted octanol–water partition coefficient (Wildman–Crippen LogP) is 0.974. The predicted molar refractivity (Wildman–Crippen MR) is 78.3 cm³/mol. The lowest BCUT2D eigenvalue weighted by atomic mass is 9.97. The number of nitrogens with one attached hydrogen (secondary N) is 1. The molecule has 0 bridgehead atoms. The summed E-state index contributed by atoms with van der Waals surface area (Å²) in [7, 11) is 6.23. The van der Waals surface area contributed by atoms with Crippen molar-refractivity contribution < 1.29 is 0 Å². The number of rotatable bonds is 5. The maximum atomic E-state index is 4.30. The van der Waals surface area contributed by atoms with E-state index >= 15 is 0 Å². The molecule has 1 N–H and O–H groups in total. The van der Waals surface area contributed by atoms with Gasteiger partial charge in [-0.25, -0.2) is 0 Å². The molecular formula is C14H25N5. The van der Waals surface area contributed by atoms with Crippen LogP contribution in [0.3, 0.4) is 0 Å². The second kappa shape index (κ2) is 6.82. The molecule has 1 aromatic heterocycles. The number of hydrogen-bond donors (Lipinski definition) is 1. The van der Waals surface area contributed by atoms with E-state index in [-0.39, 0.29) is 0 Å². The van der Waals surface area contributed by atoms with Gasteiger partial charge in [-0.2, -0.15) is 5.10 Å². The topological polar surface area (TPSA) is 44.3 Å². The Balaban J connectivity index is 1.86. The van der Waals surface area contributed by atoms with Gasteiger partial charge in [0.2, 0.25) is 0 Å². The highest BCUT2D eigenvalue weighted by Crippen LogP contribution is 2.19. The van der Waals surface area contributed by atoms with Crippen molar-refractivity contribution in [2.75, 3.05) is 45.7 Å². The zero-order valence-electron chi connectivity index (χ0n) is 12.3. The summed E-state index contributed by atoms with van der Waals surface area (Å²) >= 11 is 0. The Hall–Kier alpha value is -1.20. The van der Waals surface area contributed by atoms with Crippen LogP contribution < -0.4 is 10.2 Å². The molecule has 5 nitrogen and oxygen atoms in total. The van der Waals surface area contributed by atoms with Gasteiger partial charge in [-0.05, 0) is 58.1 Å². The fraction of sp³-hybridized carbons (Fsp3) is 0.714. The molecule has 0 aromatic carbocycles. The van der Waals surface area contributed by atoms with Gasteiger partial charge in [-0.3, -0.25) is 0 Å². The number of piperidine rings is 1. The van der Waals surface area contributed by atoms with Gasteiger partial charge in [-0.15, -0.1) is 5.10 Å². The van der Waals surface area contributed by atoms with Crippen molar-refractivity contribution in [3.8, 4) is 0 Å². The van der Waals surface area contributed by atoms with Crippen molar-refractivity contribution in [1.82, 2.24) is 20.4 Å². The minimum Gasteiger partial charge on any atom is -0.358 e. The van der Waals surface area contributed by atoms with Gasteiger partial charge in [0.25, 0.3) is 0 Å². The van der Waals surface area contributed by atoms with Crippen molar-refractivity contribution in [1.29, 1.82) is 0 Å². The van der Waals surface area contributed by atoms with Gasteiger partial charge in [0.1, 0.15) is 0 Å². The zero-order chi connectivity index (χ0) is 13.7. The fourth-order valence-electron chi connectivity index (χ4n) is 2.56. The summed E-state index contributed by atoms with van der Waals surface area (Å²) in [6.45, 7) is 4.27. The van der Waals surface area contributed by atoms with Crippen LogP contribution in [0.1, 0.15) is 18.5 Å². The van der Waals surface area contributed by atoms with E-state index in [0.717, 1.165) is 30.5 Å². The van der Waals surface area contributed by atoms with Crippen molar-refractivity contribution in [2.45, 2.75) is 19.4 Å². The molecule has 0 spiro atoms. The molecular weight excluding hydrogens is 238 g/mol. The van der Waals surface area contributed by atoms with E-state index in [1.54, 1.807) is 0 Å². The molecule has 0 saturated carbocycles. The molecule has 0 aliphatic carbocycles. The molecule has 0 amide bonds. The molecule has 2 heterocycles. The summed E-state index contributed by atoms with van der Waals surface area (Å²) in [5, 5.41) is 11.6. The average molecular weight is 263 g/mol. The quantitative estimate of drug-likeness (QED) is 0.858. The third-order valence-electron chi connectivity index (χ3n) is 3.82. The molecule has 1 aliphatic rings. The largest absolute Gasteiger partial charge is 0.358 e. The first-order valence-electron chi connectivity index (χ1n) is 7.06. The Morgan fingerprint density at radius 2 is 2.05 bits per heavy atom. The Labute approximate surface area is 116 Å². The molecule has 1 fully saturated rings. The monoisotopic (exact) mass is 263 g/mol. The minimum absolute atomic E-state index is 0.770. The average Bonchev–Trinajstić information content (AvgIpc) is 2.42. The van der Waals surface area contributed by atoms with Crippen molar-refractivity contribution in [3.05, 3.63) is 17.8 Å². The standard InChI is InChI=1S/C14H25N5/c1-15-10-13-4-5-14(17-16-13)19(3)11-12-6-8-18(2)9-7-12/h4-5,12,15H,6-11H2,1-3H3. The van der Waals surface area contributed by atoms with Gasteiger partial charge in [-0.1, -0.05) is 0 Å². The molecule has 19 heavy (non-hydrogen) atoms. The van der Waals surface area contributed by atoms with Gasteiger partial charge in [0.15, 0.2) is 5.82 Å². The van der Waals surface area contributed by atoms with Crippen molar-refractivity contribution in [2.24, 2.45) is 5.92 Å².